The first-order chi connectivity index (χ1) is 15.6. The number of benzene rings is 1. The van der Waals surface area contributed by atoms with Gasteiger partial charge in [-0.15, -0.1) is 5.10 Å². The molecule has 1 amide bonds. The van der Waals surface area contributed by atoms with Gasteiger partial charge in [0.1, 0.15) is 5.69 Å². The maximum absolute atomic E-state index is 13.0. The van der Waals surface area contributed by atoms with Gasteiger partial charge < -0.3 is 15.6 Å². The molecule has 13 heteroatoms. The SMILES string of the molecule is CCOc1cc(/C=N\NC(=O)c2c(CN3CCCC3)nnn2-c2nonc2N)ccc1O. The number of nitrogens with zero attached hydrogens (tertiary/aromatic N) is 7. The van der Waals surface area contributed by atoms with Crippen molar-refractivity contribution in [3.05, 3.63) is 35.2 Å². The standard InChI is InChI=1S/C19H23N9O4/c1-2-31-15-9-12(5-6-14(15)29)10-21-23-19(30)16-13(11-27-7-3-4-8-27)22-26-28(16)18-17(20)24-32-25-18/h5-6,9-10,29H,2-4,7-8,11H2,1H3,(H2,20,24)(H,23,30)/b21-10-. The molecule has 3 aromatic rings. The van der Waals surface area contributed by atoms with E-state index >= 15 is 0 Å². The van der Waals surface area contributed by atoms with Crippen molar-refractivity contribution in [1.82, 2.24) is 35.6 Å². The van der Waals surface area contributed by atoms with Gasteiger partial charge in [-0.3, -0.25) is 9.69 Å². The maximum Gasteiger partial charge on any atom is 0.292 e. The lowest BCUT2D eigenvalue weighted by molar-refractivity contribution is 0.0945. The summed E-state index contributed by atoms with van der Waals surface area (Å²) in [5.74, 6) is -0.154. The van der Waals surface area contributed by atoms with Crippen molar-refractivity contribution in [2.45, 2.75) is 26.3 Å². The molecule has 2 aromatic heterocycles. The number of likely N-dealkylation sites (tertiary alicyclic amines) is 1. The average molecular weight is 441 g/mol. The van der Waals surface area contributed by atoms with E-state index in [1.54, 1.807) is 12.1 Å². The second-order valence-electron chi connectivity index (χ2n) is 7.11. The summed E-state index contributed by atoms with van der Waals surface area (Å²) in [6, 6.07) is 4.74. The molecule has 3 heterocycles. The zero-order valence-electron chi connectivity index (χ0n) is 17.4. The highest BCUT2D eigenvalue weighted by Gasteiger charge is 2.26. The number of rotatable bonds is 8. The van der Waals surface area contributed by atoms with E-state index in [0.29, 0.717) is 30.2 Å². The highest BCUT2D eigenvalue weighted by molar-refractivity contribution is 5.95. The molecule has 0 spiro atoms. The van der Waals surface area contributed by atoms with Crippen LogP contribution in [-0.2, 0) is 6.54 Å². The quantitative estimate of drug-likeness (QED) is 0.334. The zero-order chi connectivity index (χ0) is 22.5. The minimum Gasteiger partial charge on any atom is -0.504 e. The van der Waals surface area contributed by atoms with Gasteiger partial charge in [0.2, 0.25) is 11.6 Å². The van der Waals surface area contributed by atoms with Crippen LogP contribution in [0, 0.1) is 0 Å². The fraction of sp³-hybridized carbons (Fsp3) is 0.368. The molecule has 0 bridgehead atoms. The number of hydrogen-bond donors (Lipinski definition) is 3. The Morgan fingerprint density at radius 2 is 2.19 bits per heavy atom. The van der Waals surface area contributed by atoms with Crippen LogP contribution in [0.5, 0.6) is 11.5 Å². The number of aromatic hydroxyl groups is 1. The second-order valence-corrected chi connectivity index (χ2v) is 7.11. The van der Waals surface area contributed by atoms with Crippen molar-refractivity contribution < 1.29 is 19.3 Å². The van der Waals surface area contributed by atoms with Crippen LogP contribution in [0.15, 0.2) is 27.9 Å². The van der Waals surface area contributed by atoms with Gasteiger partial charge in [0.15, 0.2) is 17.2 Å². The van der Waals surface area contributed by atoms with Gasteiger partial charge in [0.05, 0.1) is 12.8 Å². The van der Waals surface area contributed by atoms with Crippen LogP contribution in [-0.4, -0.2) is 67.1 Å². The summed E-state index contributed by atoms with van der Waals surface area (Å²) < 4.78 is 11.2. The lowest BCUT2D eigenvalue weighted by atomic mass is 10.2. The largest absolute Gasteiger partial charge is 0.504 e. The van der Waals surface area contributed by atoms with E-state index in [1.165, 1.54) is 17.0 Å². The topological polar surface area (TPSA) is 170 Å². The molecule has 4 N–H and O–H groups in total. The normalized spacial score (nSPS) is 14.3. The van der Waals surface area contributed by atoms with Crippen molar-refractivity contribution in [3.8, 4) is 17.3 Å². The molecule has 168 valence electrons. The first-order valence-electron chi connectivity index (χ1n) is 10.1. The van der Waals surface area contributed by atoms with E-state index < -0.39 is 5.91 Å². The van der Waals surface area contributed by atoms with Gasteiger partial charge in [-0.05, 0) is 66.9 Å². The molecule has 0 aliphatic carbocycles. The molecular formula is C19H23N9O4. The highest BCUT2D eigenvalue weighted by atomic mass is 16.6. The Balaban J connectivity index is 1.56. The Labute approximate surface area is 182 Å². The van der Waals surface area contributed by atoms with E-state index in [2.05, 4.69) is 40.7 Å². The molecule has 1 aromatic carbocycles. The van der Waals surface area contributed by atoms with Crippen LogP contribution >= 0.6 is 0 Å². The van der Waals surface area contributed by atoms with Crippen LogP contribution in [0.2, 0.25) is 0 Å². The van der Waals surface area contributed by atoms with Crippen molar-refractivity contribution in [2.75, 3.05) is 25.4 Å². The fourth-order valence-corrected chi connectivity index (χ4v) is 3.39. The van der Waals surface area contributed by atoms with E-state index in [9.17, 15) is 9.90 Å². The van der Waals surface area contributed by atoms with Crippen LogP contribution in [0.1, 0.15) is 41.5 Å². The molecule has 32 heavy (non-hydrogen) atoms. The van der Waals surface area contributed by atoms with Crippen LogP contribution < -0.4 is 15.9 Å². The van der Waals surface area contributed by atoms with Crippen molar-refractivity contribution in [1.29, 1.82) is 0 Å². The number of anilines is 1. The number of phenols is 1. The number of carbonyl (C=O) groups excluding carboxylic acids is 1. The van der Waals surface area contributed by atoms with Gasteiger partial charge in [0, 0.05) is 6.54 Å². The first-order valence-corrected chi connectivity index (χ1v) is 10.1. The van der Waals surface area contributed by atoms with Crippen LogP contribution in [0.3, 0.4) is 0 Å². The van der Waals surface area contributed by atoms with Crippen LogP contribution in [0.4, 0.5) is 5.82 Å². The third-order valence-corrected chi connectivity index (χ3v) is 4.89. The monoisotopic (exact) mass is 441 g/mol. The second kappa shape index (κ2) is 9.43. The molecule has 13 nitrogen and oxygen atoms in total. The summed E-state index contributed by atoms with van der Waals surface area (Å²) in [7, 11) is 0. The molecule has 0 unspecified atom stereocenters. The van der Waals surface area contributed by atoms with Crippen molar-refractivity contribution in [3.63, 3.8) is 0 Å². The predicted molar refractivity (Wildman–Crippen MR) is 112 cm³/mol. The fourth-order valence-electron chi connectivity index (χ4n) is 3.39. The van der Waals surface area contributed by atoms with Gasteiger partial charge in [-0.1, -0.05) is 5.21 Å². The number of amides is 1. The molecular weight excluding hydrogens is 418 g/mol. The molecule has 1 fully saturated rings. The summed E-state index contributed by atoms with van der Waals surface area (Å²) in [6.07, 6.45) is 3.62. The number of carbonyl (C=O) groups is 1. The Morgan fingerprint density at radius 3 is 2.91 bits per heavy atom. The van der Waals surface area contributed by atoms with Gasteiger partial charge >= 0.3 is 0 Å². The Hall–Kier alpha value is -4.00. The first kappa shape index (κ1) is 21.2. The number of hydrogen-bond acceptors (Lipinski definition) is 11. The molecule has 0 saturated carbocycles. The predicted octanol–water partition coefficient (Wildman–Crippen LogP) is 0.696. The number of phenolic OH excluding ortho intramolecular Hbond substituents is 1. The Bertz CT molecular complexity index is 1120. The molecule has 1 saturated heterocycles. The van der Waals surface area contributed by atoms with E-state index in [0.717, 1.165) is 25.9 Å². The van der Waals surface area contributed by atoms with Gasteiger partial charge in [0.25, 0.3) is 5.91 Å². The number of aromatic nitrogens is 5. The van der Waals surface area contributed by atoms with Crippen LogP contribution in [0.25, 0.3) is 5.82 Å². The number of nitrogen functional groups attached to an aromatic ring is 1. The number of ether oxygens (including phenoxy) is 1. The molecule has 0 atom stereocenters. The lowest BCUT2D eigenvalue weighted by Crippen LogP contribution is -2.26. The Kier molecular flexibility index (Phi) is 6.26. The average Bonchev–Trinajstić information content (AvgIpc) is 3.52. The lowest BCUT2D eigenvalue weighted by Gasteiger charge is -2.13. The summed E-state index contributed by atoms with van der Waals surface area (Å²) in [6.45, 7) is 4.51. The number of nitrogens with two attached hydrogens (primary N) is 1. The zero-order valence-corrected chi connectivity index (χ0v) is 17.4. The molecule has 4 rings (SSSR count). The van der Waals surface area contributed by atoms with E-state index in [1.807, 2.05) is 6.92 Å². The van der Waals surface area contributed by atoms with Gasteiger partial charge in [-0.25, -0.2) is 10.1 Å². The van der Waals surface area contributed by atoms with Crippen molar-refractivity contribution in [2.24, 2.45) is 5.10 Å². The Morgan fingerprint density at radius 1 is 1.38 bits per heavy atom. The summed E-state index contributed by atoms with van der Waals surface area (Å²) in [5, 5.41) is 29.3. The number of hydrazone groups is 1. The summed E-state index contributed by atoms with van der Waals surface area (Å²) >= 11 is 0. The molecule has 1 aliphatic heterocycles. The highest BCUT2D eigenvalue weighted by Crippen LogP contribution is 2.26. The minimum atomic E-state index is -0.549. The third-order valence-electron chi connectivity index (χ3n) is 4.89. The summed E-state index contributed by atoms with van der Waals surface area (Å²) in [5.41, 5.74) is 9.48. The smallest absolute Gasteiger partial charge is 0.292 e. The van der Waals surface area contributed by atoms with Crippen molar-refractivity contribution >= 4 is 17.9 Å². The third kappa shape index (κ3) is 4.51. The maximum atomic E-state index is 13.0. The molecule has 1 aliphatic rings. The van der Waals surface area contributed by atoms with E-state index in [4.69, 9.17) is 10.5 Å². The minimum absolute atomic E-state index is 0.0206. The molecule has 0 radical (unpaired) electrons. The van der Waals surface area contributed by atoms with Gasteiger partial charge in [-0.2, -0.15) is 9.78 Å². The summed E-state index contributed by atoms with van der Waals surface area (Å²) in [4.78, 5) is 15.2. The van der Waals surface area contributed by atoms with E-state index in [-0.39, 0.29) is 23.1 Å². The number of nitrogens with one attached hydrogen (secondary N) is 1.